The van der Waals surface area contributed by atoms with Crippen LogP contribution < -0.4 is 0 Å². The van der Waals surface area contributed by atoms with E-state index in [1.165, 1.54) is 0 Å². The maximum atomic E-state index is 2.00. The van der Waals surface area contributed by atoms with Crippen molar-refractivity contribution in [2.75, 3.05) is 0 Å². The molecule has 0 atom stereocenters. The first kappa shape index (κ1) is 10.6. The quantitative estimate of drug-likeness (QED) is 0.601. The molecule has 0 radical (unpaired) electrons. The van der Waals surface area contributed by atoms with Gasteiger partial charge in [0, 0.05) is 0 Å². The van der Waals surface area contributed by atoms with Crippen LogP contribution in [0.4, 0.5) is 0 Å². The third kappa shape index (κ3) is 6.00. The summed E-state index contributed by atoms with van der Waals surface area (Å²) in [5.74, 6) is 0. The second-order valence-electron chi connectivity index (χ2n) is 1.92. The monoisotopic (exact) mass is 222 g/mol. The zero-order valence-electron chi connectivity index (χ0n) is 6.48. The van der Waals surface area contributed by atoms with E-state index in [2.05, 4.69) is 0 Å². The summed E-state index contributed by atoms with van der Waals surface area (Å²) in [6.07, 6.45) is 0. The Labute approximate surface area is 86.7 Å². The molecule has 2 aromatic carbocycles. The molecule has 0 amide bonds. The maximum absolute atomic E-state index is 2.00. The second-order valence-corrected chi connectivity index (χ2v) is 1.92. The van der Waals surface area contributed by atoms with Gasteiger partial charge in [0.05, 0.1) is 0 Å². The van der Waals surface area contributed by atoms with Crippen molar-refractivity contribution >= 4 is 0 Å². The summed E-state index contributed by atoms with van der Waals surface area (Å²) in [7, 11) is 0. The van der Waals surface area contributed by atoms with Crippen molar-refractivity contribution < 1.29 is 26.2 Å². The second kappa shape index (κ2) is 7.69. The third-order valence-electron chi connectivity index (χ3n) is 1.11. The Balaban J connectivity index is 0.000000167. The predicted molar refractivity (Wildman–Crippen MR) is 46.9 cm³/mol. The van der Waals surface area contributed by atoms with Gasteiger partial charge in [0.1, 0.15) is 0 Å². The normalized spacial score (nSPS) is 7.27. The molecular weight excluding hydrogens is 211 g/mol. The molecule has 0 saturated carbocycles. The van der Waals surface area contributed by atoms with Crippen LogP contribution in [0.3, 0.4) is 0 Å². The van der Waals surface area contributed by atoms with Crippen molar-refractivity contribution in [1.29, 1.82) is 0 Å². The van der Waals surface area contributed by atoms with Gasteiger partial charge in [-0.2, -0.15) is 36.4 Å². The molecule has 0 bridgehead atoms. The zero-order chi connectivity index (χ0) is 7.07. The van der Waals surface area contributed by atoms with E-state index in [9.17, 15) is 0 Å². The molecule has 56 valence electrons. The largest absolute Gasteiger partial charge is 0.214 e. The Kier molecular flexibility index (Phi) is 7.40. The molecule has 0 aliphatic rings. The van der Waals surface area contributed by atoms with Gasteiger partial charge in [-0.3, -0.25) is 0 Å². The first-order chi connectivity index (χ1) is 5.00. The van der Waals surface area contributed by atoms with Crippen LogP contribution in [0.25, 0.3) is 0 Å². The first-order valence-electron chi connectivity index (χ1n) is 3.33. The first-order valence-corrected chi connectivity index (χ1v) is 3.33. The fourth-order valence-electron chi connectivity index (χ4n) is 0.642. The Morgan fingerprint density at radius 2 is 0.818 bits per heavy atom. The molecule has 0 nitrogen and oxygen atoms in total. The molecule has 0 saturated heterocycles. The molecule has 0 aromatic heterocycles. The summed E-state index contributed by atoms with van der Waals surface area (Å²) in [6.45, 7) is 0. The van der Waals surface area contributed by atoms with Crippen molar-refractivity contribution in [3.05, 3.63) is 60.7 Å². The Hall–Kier alpha value is -0.417. The van der Waals surface area contributed by atoms with Gasteiger partial charge in [-0.15, -0.1) is 0 Å². The topological polar surface area (TPSA) is 0 Å². The van der Waals surface area contributed by atoms with Gasteiger partial charge >= 0.3 is 26.2 Å². The minimum absolute atomic E-state index is 0. The van der Waals surface area contributed by atoms with E-state index in [0.717, 1.165) is 0 Å². The van der Waals surface area contributed by atoms with Gasteiger partial charge in [0.2, 0.25) is 0 Å². The average molecular weight is 223 g/mol. The molecule has 0 fully saturated rings. The molecule has 0 spiro atoms. The molecule has 0 aliphatic carbocycles. The molecule has 2 aromatic rings. The Morgan fingerprint density at radius 1 is 0.545 bits per heavy atom. The van der Waals surface area contributed by atoms with Gasteiger partial charge in [0.15, 0.2) is 0 Å². The van der Waals surface area contributed by atoms with Gasteiger partial charge in [-0.1, -0.05) is 0 Å². The fourth-order valence-corrected chi connectivity index (χ4v) is 0.642. The summed E-state index contributed by atoms with van der Waals surface area (Å²) >= 11 is 0. The van der Waals surface area contributed by atoms with Crippen LogP contribution in [0.5, 0.6) is 0 Å². The van der Waals surface area contributed by atoms with Crippen molar-refractivity contribution in [2.24, 2.45) is 0 Å². The molecule has 0 N–H and O–H groups in total. The number of hydrogen-bond acceptors (Lipinski definition) is 0. The smallest absolute Gasteiger partial charge is 0.172 e. The van der Waals surface area contributed by atoms with Crippen LogP contribution in [0, 0.1) is 0 Å². The fraction of sp³-hybridized carbons (Fsp3) is 0. The van der Waals surface area contributed by atoms with E-state index in [1.54, 1.807) is 0 Å². The molecule has 0 aliphatic heterocycles. The molecule has 0 heterocycles. The summed E-state index contributed by atoms with van der Waals surface area (Å²) in [6, 6.07) is 20.0. The third-order valence-corrected chi connectivity index (χ3v) is 1.11. The molecule has 0 unspecified atom stereocenters. The molecule has 11 heavy (non-hydrogen) atoms. The average Bonchev–Trinajstić information content (AvgIpc) is 2.67. The van der Waals surface area contributed by atoms with Gasteiger partial charge < -0.3 is 0 Å². The van der Waals surface area contributed by atoms with E-state index < -0.39 is 0 Å². The van der Waals surface area contributed by atoms with Crippen molar-refractivity contribution in [3.63, 3.8) is 0 Å². The standard InChI is InChI=1S/2C5H5.Zr.2H/c2*1-2-4-5-3-1;;;/h2*1-5H;;;/q2*-1;+2;;. The van der Waals surface area contributed by atoms with Gasteiger partial charge in [-0.25, -0.2) is 24.3 Å². The molecule has 1 heteroatoms. The van der Waals surface area contributed by atoms with E-state index in [0.29, 0.717) is 0 Å². The number of rotatable bonds is 0. The van der Waals surface area contributed by atoms with Gasteiger partial charge in [-0.05, 0) is 0 Å². The van der Waals surface area contributed by atoms with Crippen molar-refractivity contribution in [3.8, 4) is 0 Å². The summed E-state index contributed by atoms with van der Waals surface area (Å²) in [5.41, 5.74) is 0. The van der Waals surface area contributed by atoms with Crippen molar-refractivity contribution in [2.45, 2.75) is 0 Å². The summed E-state index contributed by atoms with van der Waals surface area (Å²) in [5, 5.41) is 0. The zero-order valence-corrected chi connectivity index (χ0v) is 9.96. The molecule has 2 rings (SSSR count). The SMILES string of the molecule is [ZrH2+2].c1cc[cH-]c1.c1cc[cH-]c1. The summed E-state index contributed by atoms with van der Waals surface area (Å²) < 4.78 is 0. The van der Waals surface area contributed by atoms with E-state index in [4.69, 9.17) is 0 Å². The Bertz CT molecular complexity index is 144. The predicted octanol–water partition coefficient (Wildman–Crippen LogP) is 2.27. The van der Waals surface area contributed by atoms with Gasteiger partial charge in [0.25, 0.3) is 0 Å². The van der Waals surface area contributed by atoms with Crippen LogP contribution in [0.15, 0.2) is 60.7 Å². The van der Waals surface area contributed by atoms with E-state index in [-0.39, 0.29) is 26.2 Å². The van der Waals surface area contributed by atoms with E-state index in [1.807, 2.05) is 60.7 Å². The van der Waals surface area contributed by atoms with Crippen LogP contribution >= 0.6 is 0 Å². The van der Waals surface area contributed by atoms with Crippen LogP contribution in [-0.2, 0) is 26.2 Å². The minimum atomic E-state index is 0. The van der Waals surface area contributed by atoms with Crippen LogP contribution in [0.2, 0.25) is 0 Å². The van der Waals surface area contributed by atoms with Crippen molar-refractivity contribution in [1.82, 2.24) is 0 Å². The Morgan fingerprint density at radius 3 is 0.909 bits per heavy atom. The van der Waals surface area contributed by atoms with E-state index >= 15 is 0 Å². The summed E-state index contributed by atoms with van der Waals surface area (Å²) in [4.78, 5) is 0. The van der Waals surface area contributed by atoms with Crippen LogP contribution in [0.1, 0.15) is 0 Å². The number of hydrogen-bond donors (Lipinski definition) is 0. The maximum Gasteiger partial charge on any atom is -0.172 e. The van der Waals surface area contributed by atoms with Crippen LogP contribution in [-0.4, -0.2) is 0 Å². The molecular formula is C10H12Zr. The minimum Gasteiger partial charge on any atom is -0.214 e.